The Morgan fingerprint density at radius 3 is 2.45 bits per heavy atom. The van der Waals surface area contributed by atoms with Gasteiger partial charge in [-0.3, -0.25) is 4.90 Å². The van der Waals surface area contributed by atoms with Gasteiger partial charge in [-0.25, -0.2) is 0 Å². The quantitative estimate of drug-likeness (QED) is 0.805. The number of rotatable bonds is 6. The highest BCUT2D eigenvalue weighted by molar-refractivity contribution is 5.54. The van der Waals surface area contributed by atoms with Gasteiger partial charge in [-0.1, -0.05) is 43.3 Å². The average molecular weight is 299 g/mol. The summed E-state index contributed by atoms with van der Waals surface area (Å²) >= 11 is 0. The van der Waals surface area contributed by atoms with Crippen molar-refractivity contribution in [1.82, 2.24) is 15.0 Å². The predicted octanol–water partition coefficient (Wildman–Crippen LogP) is 4.09. The lowest BCUT2D eigenvalue weighted by Crippen LogP contribution is -2.30. The van der Waals surface area contributed by atoms with Gasteiger partial charge < -0.3 is 4.52 Å². The summed E-state index contributed by atoms with van der Waals surface area (Å²) < 4.78 is 5.41. The van der Waals surface area contributed by atoms with Crippen molar-refractivity contribution in [1.29, 1.82) is 0 Å². The van der Waals surface area contributed by atoms with E-state index in [0.29, 0.717) is 23.7 Å². The van der Waals surface area contributed by atoms with E-state index in [1.165, 1.54) is 18.4 Å². The summed E-state index contributed by atoms with van der Waals surface area (Å²) in [7, 11) is 2.13. The summed E-state index contributed by atoms with van der Waals surface area (Å²) in [6, 6.07) is 9.00. The van der Waals surface area contributed by atoms with Crippen LogP contribution in [0, 0.1) is 5.92 Å². The molecule has 0 saturated heterocycles. The molecule has 0 bridgehead atoms. The van der Waals surface area contributed by atoms with Crippen LogP contribution in [-0.4, -0.2) is 28.1 Å². The van der Waals surface area contributed by atoms with Crippen LogP contribution in [0.5, 0.6) is 0 Å². The van der Waals surface area contributed by atoms with Gasteiger partial charge in [-0.2, -0.15) is 4.98 Å². The van der Waals surface area contributed by atoms with Crippen molar-refractivity contribution < 1.29 is 4.52 Å². The van der Waals surface area contributed by atoms with Gasteiger partial charge in [-0.15, -0.1) is 0 Å². The van der Waals surface area contributed by atoms with Crippen molar-refractivity contribution in [2.75, 3.05) is 7.05 Å². The molecule has 1 unspecified atom stereocenters. The zero-order chi connectivity index (χ0) is 15.7. The number of benzene rings is 1. The Labute approximate surface area is 132 Å². The van der Waals surface area contributed by atoms with Crippen LogP contribution in [0.3, 0.4) is 0 Å². The van der Waals surface area contributed by atoms with Crippen LogP contribution in [0.2, 0.25) is 0 Å². The Balaban J connectivity index is 1.67. The molecule has 1 aromatic carbocycles. The summed E-state index contributed by atoms with van der Waals surface area (Å²) in [5.41, 5.74) is 2.34. The second-order valence-electron chi connectivity index (χ2n) is 6.78. The van der Waals surface area contributed by atoms with Crippen LogP contribution >= 0.6 is 0 Å². The number of aromatic nitrogens is 2. The van der Waals surface area contributed by atoms with Crippen LogP contribution in [0.4, 0.5) is 0 Å². The monoisotopic (exact) mass is 299 g/mol. The molecular formula is C18H25N3O. The third-order valence-electron chi connectivity index (χ3n) is 4.69. The fraction of sp³-hybridized carbons (Fsp3) is 0.556. The predicted molar refractivity (Wildman–Crippen MR) is 87.5 cm³/mol. The largest absolute Gasteiger partial charge is 0.338 e. The molecule has 1 heterocycles. The number of nitrogens with zero attached hydrogens (tertiary/aromatic N) is 3. The van der Waals surface area contributed by atoms with E-state index in [0.717, 1.165) is 18.0 Å². The van der Waals surface area contributed by atoms with E-state index in [4.69, 9.17) is 4.52 Å². The molecule has 1 aliphatic carbocycles. The minimum absolute atomic E-state index is 0.535. The molecule has 4 heteroatoms. The van der Waals surface area contributed by atoms with Crippen molar-refractivity contribution >= 4 is 0 Å². The first-order chi connectivity index (χ1) is 10.5. The van der Waals surface area contributed by atoms with Crippen LogP contribution < -0.4 is 0 Å². The fourth-order valence-corrected chi connectivity index (χ4v) is 2.75. The molecule has 1 aliphatic rings. The second-order valence-corrected chi connectivity index (χ2v) is 6.78. The van der Waals surface area contributed by atoms with E-state index in [1.807, 2.05) is 0 Å². The molecule has 0 radical (unpaired) electrons. The molecule has 1 atom stereocenters. The third kappa shape index (κ3) is 3.38. The molecule has 118 valence electrons. The lowest BCUT2D eigenvalue weighted by Gasteiger charge is -2.22. The van der Waals surface area contributed by atoms with Crippen LogP contribution in [0.1, 0.15) is 51.0 Å². The van der Waals surface area contributed by atoms with Crippen molar-refractivity contribution in [2.45, 2.75) is 52.1 Å². The lowest BCUT2D eigenvalue weighted by molar-refractivity contribution is 0.197. The Kier molecular flexibility index (Phi) is 4.30. The number of hydrogen-bond donors (Lipinski definition) is 0. The maximum atomic E-state index is 5.41. The highest BCUT2D eigenvalue weighted by atomic mass is 16.5. The molecule has 0 N–H and O–H groups in total. The van der Waals surface area contributed by atoms with E-state index >= 15 is 0 Å². The first-order valence-corrected chi connectivity index (χ1v) is 8.17. The molecule has 1 fully saturated rings. The zero-order valence-electron chi connectivity index (χ0n) is 13.9. The van der Waals surface area contributed by atoms with Crippen molar-refractivity contribution in [2.24, 2.45) is 5.92 Å². The zero-order valence-corrected chi connectivity index (χ0v) is 13.9. The molecule has 4 nitrogen and oxygen atoms in total. The second kappa shape index (κ2) is 6.21. The molecule has 22 heavy (non-hydrogen) atoms. The fourth-order valence-electron chi connectivity index (χ4n) is 2.75. The topological polar surface area (TPSA) is 42.2 Å². The molecule has 1 saturated carbocycles. The minimum atomic E-state index is 0.535. The molecule has 0 aliphatic heterocycles. The van der Waals surface area contributed by atoms with Gasteiger partial charge in [-0.05, 0) is 44.2 Å². The molecule has 2 aromatic rings. The summed E-state index contributed by atoms with van der Waals surface area (Å²) in [6.07, 6.45) is 2.70. The van der Waals surface area contributed by atoms with E-state index in [9.17, 15) is 0 Å². The van der Waals surface area contributed by atoms with Gasteiger partial charge in [0.05, 0.1) is 6.54 Å². The summed E-state index contributed by atoms with van der Waals surface area (Å²) in [6.45, 7) is 7.38. The SMILES string of the molecule is CC(C)c1ccc(-c2noc(CN(C)C(C)C3CC3)n2)cc1. The lowest BCUT2D eigenvalue weighted by atomic mass is 10.0. The van der Waals surface area contributed by atoms with Gasteiger partial charge >= 0.3 is 0 Å². The van der Waals surface area contributed by atoms with Crippen molar-refractivity contribution in [3.63, 3.8) is 0 Å². The Hall–Kier alpha value is -1.68. The maximum absolute atomic E-state index is 5.41. The summed E-state index contributed by atoms with van der Waals surface area (Å²) in [5.74, 6) is 2.75. The molecular weight excluding hydrogens is 274 g/mol. The first-order valence-electron chi connectivity index (χ1n) is 8.17. The molecule has 1 aromatic heterocycles. The molecule has 0 amide bonds. The molecule has 3 rings (SSSR count). The summed E-state index contributed by atoms with van der Waals surface area (Å²) in [5, 5.41) is 4.12. The number of hydrogen-bond acceptors (Lipinski definition) is 4. The average Bonchev–Trinajstić information content (AvgIpc) is 3.26. The summed E-state index contributed by atoms with van der Waals surface area (Å²) in [4.78, 5) is 6.84. The smallest absolute Gasteiger partial charge is 0.241 e. The van der Waals surface area contributed by atoms with E-state index in [1.54, 1.807) is 0 Å². The van der Waals surface area contributed by atoms with E-state index < -0.39 is 0 Å². The van der Waals surface area contributed by atoms with Crippen molar-refractivity contribution in [3.8, 4) is 11.4 Å². The van der Waals surface area contributed by atoms with Crippen LogP contribution in [0.25, 0.3) is 11.4 Å². The third-order valence-corrected chi connectivity index (χ3v) is 4.69. The van der Waals surface area contributed by atoms with Gasteiger partial charge in [0, 0.05) is 11.6 Å². The highest BCUT2D eigenvalue weighted by Crippen LogP contribution is 2.35. The van der Waals surface area contributed by atoms with Gasteiger partial charge in [0.25, 0.3) is 0 Å². The van der Waals surface area contributed by atoms with Gasteiger partial charge in [0.2, 0.25) is 11.7 Å². The Morgan fingerprint density at radius 1 is 1.18 bits per heavy atom. The first kappa shape index (κ1) is 15.2. The highest BCUT2D eigenvalue weighted by Gasteiger charge is 2.31. The van der Waals surface area contributed by atoms with Gasteiger partial charge in [0.1, 0.15) is 0 Å². The Bertz CT molecular complexity index is 614. The Morgan fingerprint density at radius 2 is 1.86 bits per heavy atom. The normalized spacial score (nSPS) is 16.5. The van der Waals surface area contributed by atoms with Crippen LogP contribution in [0.15, 0.2) is 28.8 Å². The van der Waals surface area contributed by atoms with E-state index in [-0.39, 0.29) is 0 Å². The van der Waals surface area contributed by atoms with Gasteiger partial charge in [0.15, 0.2) is 0 Å². The molecule has 0 spiro atoms. The van der Waals surface area contributed by atoms with Crippen LogP contribution in [-0.2, 0) is 6.54 Å². The van der Waals surface area contributed by atoms with E-state index in [2.05, 4.69) is 67.1 Å². The minimum Gasteiger partial charge on any atom is -0.338 e. The van der Waals surface area contributed by atoms with Crippen molar-refractivity contribution in [3.05, 3.63) is 35.7 Å². The standard InChI is InChI=1S/C18H25N3O/c1-12(2)14-5-9-16(10-6-14)18-19-17(22-20-18)11-21(4)13(3)15-7-8-15/h5-6,9-10,12-13,15H,7-8,11H2,1-4H3. The maximum Gasteiger partial charge on any atom is 0.241 e.